The van der Waals surface area contributed by atoms with E-state index in [0.717, 1.165) is 13.1 Å². The Morgan fingerprint density at radius 1 is 1.00 bits per heavy atom. The highest BCUT2D eigenvalue weighted by molar-refractivity contribution is 6.46. The van der Waals surface area contributed by atoms with Crippen molar-refractivity contribution < 1.29 is 29.3 Å². The van der Waals surface area contributed by atoms with Gasteiger partial charge in [-0.25, -0.2) is 0 Å². The number of Topliss-reactive ketones (excluding diaryl/α,β-unsaturated/α-hetero) is 1. The van der Waals surface area contributed by atoms with Crippen LogP contribution in [-0.2, 0) is 9.59 Å². The summed E-state index contributed by atoms with van der Waals surface area (Å²) in [7, 11) is 0. The summed E-state index contributed by atoms with van der Waals surface area (Å²) in [5.74, 6) is -0.938. The molecule has 2 N–H and O–H groups in total. The van der Waals surface area contributed by atoms with E-state index < -0.39 is 17.7 Å². The number of aliphatic hydroxyl groups is 1. The van der Waals surface area contributed by atoms with Gasteiger partial charge in [0.1, 0.15) is 11.5 Å². The van der Waals surface area contributed by atoms with Crippen molar-refractivity contribution >= 4 is 17.4 Å². The minimum absolute atomic E-state index is 0.00339. The lowest BCUT2D eigenvalue weighted by molar-refractivity contribution is -0.140. The van der Waals surface area contributed by atoms with Gasteiger partial charge in [0.15, 0.2) is 11.5 Å². The molecule has 1 saturated heterocycles. The zero-order valence-corrected chi connectivity index (χ0v) is 20.8. The molecule has 8 nitrogen and oxygen atoms in total. The van der Waals surface area contributed by atoms with Gasteiger partial charge in [-0.3, -0.25) is 9.59 Å². The molecular formula is C27H34N2O6. The average molecular weight is 483 g/mol. The number of aromatic hydroxyl groups is 1. The van der Waals surface area contributed by atoms with Gasteiger partial charge in [-0.05, 0) is 56.8 Å². The molecule has 188 valence electrons. The summed E-state index contributed by atoms with van der Waals surface area (Å²) < 4.78 is 11.1. The van der Waals surface area contributed by atoms with E-state index in [1.165, 1.54) is 11.0 Å². The number of benzene rings is 2. The molecule has 2 aromatic rings. The van der Waals surface area contributed by atoms with Crippen molar-refractivity contribution in [2.45, 2.75) is 33.7 Å². The Morgan fingerprint density at radius 3 is 2.37 bits per heavy atom. The first-order chi connectivity index (χ1) is 16.9. The Morgan fingerprint density at radius 2 is 1.71 bits per heavy atom. The smallest absolute Gasteiger partial charge is 0.295 e. The van der Waals surface area contributed by atoms with Crippen LogP contribution in [0.2, 0.25) is 0 Å². The van der Waals surface area contributed by atoms with Gasteiger partial charge in [0.2, 0.25) is 0 Å². The van der Waals surface area contributed by atoms with Crippen molar-refractivity contribution in [2.24, 2.45) is 0 Å². The van der Waals surface area contributed by atoms with Crippen LogP contribution in [0.4, 0.5) is 0 Å². The third kappa shape index (κ3) is 5.59. The van der Waals surface area contributed by atoms with Crippen molar-refractivity contribution in [3.05, 3.63) is 59.2 Å². The van der Waals surface area contributed by atoms with Crippen molar-refractivity contribution in [2.75, 3.05) is 39.4 Å². The number of nitrogens with zero attached hydrogens (tertiary/aromatic N) is 2. The van der Waals surface area contributed by atoms with Gasteiger partial charge in [-0.2, -0.15) is 0 Å². The third-order valence-electron chi connectivity index (χ3n) is 6.11. The van der Waals surface area contributed by atoms with Gasteiger partial charge in [0.25, 0.3) is 11.7 Å². The van der Waals surface area contributed by atoms with Gasteiger partial charge >= 0.3 is 0 Å². The minimum atomic E-state index is -0.832. The van der Waals surface area contributed by atoms with Gasteiger partial charge in [0, 0.05) is 18.7 Å². The molecule has 35 heavy (non-hydrogen) atoms. The lowest BCUT2D eigenvalue weighted by Crippen LogP contribution is -2.38. The summed E-state index contributed by atoms with van der Waals surface area (Å²) in [6, 6.07) is 10.7. The Balaban J connectivity index is 2.14. The fourth-order valence-electron chi connectivity index (χ4n) is 4.27. The van der Waals surface area contributed by atoms with Crippen LogP contribution in [0.25, 0.3) is 5.76 Å². The summed E-state index contributed by atoms with van der Waals surface area (Å²) in [6.07, 6.45) is 0. The first kappa shape index (κ1) is 26.1. The molecule has 1 aliphatic rings. The number of ketones is 1. The van der Waals surface area contributed by atoms with Gasteiger partial charge in [0.05, 0.1) is 24.8 Å². The van der Waals surface area contributed by atoms with Crippen molar-refractivity contribution in [1.82, 2.24) is 9.80 Å². The van der Waals surface area contributed by atoms with Crippen LogP contribution in [-0.4, -0.2) is 71.1 Å². The highest BCUT2D eigenvalue weighted by atomic mass is 16.5. The number of likely N-dealkylation sites (tertiary alicyclic amines) is 1. The molecule has 0 bridgehead atoms. The van der Waals surface area contributed by atoms with Crippen molar-refractivity contribution in [3.8, 4) is 17.2 Å². The van der Waals surface area contributed by atoms with Crippen LogP contribution in [0.5, 0.6) is 17.2 Å². The van der Waals surface area contributed by atoms with E-state index in [2.05, 4.69) is 4.90 Å². The second-order valence-corrected chi connectivity index (χ2v) is 8.14. The number of hydrogen-bond donors (Lipinski definition) is 2. The highest BCUT2D eigenvalue weighted by Gasteiger charge is 2.46. The summed E-state index contributed by atoms with van der Waals surface area (Å²) in [4.78, 5) is 30.1. The van der Waals surface area contributed by atoms with Crippen LogP contribution in [0, 0.1) is 0 Å². The molecule has 0 aliphatic carbocycles. The van der Waals surface area contributed by atoms with Gasteiger partial charge < -0.3 is 29.5 Å². The molecule has 1 amide bonds. The largest absolute Gasteiger partial charge is 0.507 e. The molecule has 0 saturated carbocycles. The van der Waals surface area contributed by atoms with Gasteiger partial charge in [-0.15, -0.1) is 0 Å². The topological polar surface area (TPSA) is 99.5 Å². The van der Waals surface area contributed by atoms with E-state index in [1.54, 1.807) is 43.3 Å². The second kappa shape index (κ2) is 11.8. The minimum Gasteiger partial charge on any atom is -0.507 e. The van der Waals surface area contributed by atoms with E-state index in [9.17, 15) is 19.8 Å². The van der Waals surface area contributed by atoms with E-state index >= 15 is 0 Å². The van der Waals surface area contributed by atoms with Crippen LogP contribution in [0.15, 0.2) is 48.0 Å². The van der Waals surface area contributed by atoms with Crippen molar-refractivity contribution in [3.63, 3.8) is 0 Å². The molecular weight excluding hydrogens is 448 g/mol. The van der Waals surface area contributed by atoms with E-state index in [0.29, 0.717) is 43.2 Å². The van der Waals surface area contributed by atoms with E-state index in [1.807, 2.05) is 20.8 Å². The first-order valence-electron chi connectivity index (χ1n) is 12.1. The fourth-order valence-corrected chi connectivity index (χ4v) is 4.27. The molecule has 0 spiro atoms. The Kier molecular flexibility index (Phi) is 8.76. The number of carbonyl (C=O) groups excluding carboxylic acids is 2. The van der Waals surface area contributed by atoms with Crippen LogP contribution < -0.4 is 9.47 Å². The number of phenols is 1. The quantitative estimate of drug-likeness (QED) is 0.284. The lowest BCUT2D eigenvalue weighted by atomic mass is 9.95. The number of carbonyl (C=O) groups is 2. The number of amides is 1. The molecule has 3 rings (SSSR count). The van der Waals surface area contributed by atoms with Crippen molar-refractivity contribution in [1.29, 1.82) is 0 Å². The number of hydrogen-bond acceptors (Lipinski definition) is 7. The molecule has 1 heterocycles. The molecule has 1 fully saturated rings. The Bertz CT molecular complexity index is 1090. The van der Waals surface area contributed by atoms with Crippen LogP contribution in [0.1, 0.15) is 44.9 Å². The molecule has 1 aliphatic heterocycles. The lowest BCUT2D eigenvalue weighted by Gasteiger charge is -2.28. The maximum Gasteiger partial charge on any atom is 0.295 e. The summed E-state index contributed by atoms with van der Waals surface area (Å²) >= 11 is 0. The number of aliphatic hydroxyl groups excluding tert-OH is 1. The molecule has 0 radical (unpaired) electrons. The number of phenolic OH excluding ortho intramolecular Hbond substituents is 1. The third-order valence-corrected chi connectivity index (χ3v) is 6.11. The SMILES string of the molecule is CCOc1cccc(/C(O)=C2\C(=O)C(=O)N(CCN(CC)CC)C2c2ccc(O)c(OCC)c2)c1. The zero-order chi connectivity index (χ0) is 25.5. The summed E-state index contributed by atoms with van der Waals surface area (Å²) in [5.41, 5.74) is 0.940. The van der Waals surface area contributed by atoms with E-state index in [-0.39, 0.29) is 22.8 Å². The highest BCUT2D eigenvalue weighted by Crippen LogP contribution is 2.42. The fraction of sp³-hybridized carbons (Fsp3) is 0.407. The Hall–Kier alpha value is -3.52. The summed E-state index contributed by atoms with van der Waals surface area (Å²) in [5, 5.41) is 21.5. The molecule has 0 aromatic heterocycles. The number of rotatable bonds is 11. The maximum atomic E-state index is 13.3. The van der Waals surface area contributed by atoms with Crippen LogP contribution >= 0.6 is 0 Å². The number of likely N-dealkylation sites (N-methyl/N-ethyl adjacent to an activating group) is 1. The molecule has 1 unspecified atom stereocenters. The molecule has 8 heteroatoms. The summed E-state index contributed by atoms with van der Waals surface area (Å²) in [6.45, 7) is 11.0. The molecule has 2 aromatic carbocycles. The first-order valence-corrected chi connectivity index (χ1v) is 12.1. The van der Waals surface area contributed by atoms with E-state index in [4.69, 9.17) is 9.47 Å². The number of ether oxygens (including phenoxy) is 2. The van der Waals surface area contributed by atoms with Crippen LogP contribution in [0.3, 0.4) is 0 Å². The predicted octanol–water partition coefficient (Wildman–Crippen LogP) is 3.95. The normalized spacial score (nSPS) is 17.3. The predicted molar refractivity (Wildman–Crippen MR) is 134 cm³/mol. The Labute approximate surface area is 206 Å². The zero-order valence-electron chi connectivity index (χ0n) is 20.8. The maximum absolute atomic E-state index is 13.3. The van der Waals surface area contributed by atoms with Gasteiger partial charge in [-0.1, -0.05) is 32.0 Å². The average Bonchev–Trinajstić information content (AvgIpc) is 3.11. The standard InChI is InChI=1S/C27H34N2O6/c1-5-28(6-2)14-15-29-24(18-12-13-21(30)22(17-18)35-8-4)23(26(32)27(29)33)25(31)19-10-9-11-20(16-19)34-7-3/h9-13,16-17,24,30-31H,5-8,14-15H2,1-4H3/b25-23+. The monoisotopic (exact) mass is 482 g/mol. The second-order valence-electron chi connectivity index (χ2n) is 8.14. The molecule has 1 atom stereocenters.